The minimum atomic E-state index is -0.222. The van der Waals surface area contributed by atoms with Crippen LogP contribution in [0, 0.1) is 5.41 Å². The van der Waals surface area contributed by atoms with E-state index in [1.54, 1.807) is 6.20 Å². The molecule has 2 amide bonds. The van der Waals surface area contributed by atoms with Gasteiger partial charge in [0.25, 0.3) is 0 Å². The van der Waals surface area contributed by atoms with Crippen LogP contribution < -0.4 is 5.32 Å². The fraction of sp³-hybridized carbons (Fsp3) is 0.562. The second-order valence-corrected chi connectivity index (χ2v) is 6.02. The molecule has 2 aliphatic heterocycles. The number of hydrogen-bond donors (Lipinski definition) is 1. The van der Waals surface area contributed by atoms with E-state index in [-0.39, 0.29) is 17.2 Å². The molecule has 5 heteroatoms. The Balaban J connectivity index is 1.62. The van der Waals surface area contributed by atoms with Crippen molar-refractivity contribution in [3.8, 4) is 0 Å². The summed E-state index contributed by atoms with van der Waals surface area (Å²) in [5.41, 5.74) is 0.583. The molecule has 2 saturated heterocycles. The fourth-order valence-electron chi connectivity index (χ4n) is 3.41. The van der Waals surface area contributed by atoms with Crippen molar-refractivity contribution in [1.82, 2.24) is 15.2 Å². The first-order chi connectivity index (χ1) is 10.2. The van der Waals surface area contributed by atoms with Gasteiger partial charge in [-0.2, -0.15) is 0 Å². The van der Waals surface area contributed by atoms with Gasteiger partial charge in [-0.15, -0.1) is 0 Å². The summed E-state index contributed by atoms with van der Waals surface area (Å²) in [6, 6.07) is 5.62. The number of carbonyl (C=O) groups excluding carboxylic acids is 2. The van der Waals surface area contributed by atoms with Crippen LogP contribution in [0.15, 0.2) is 24.4 Å². The van der Waals surface area contributed by atoms with Gasteiger partial charge in [0.2, 0.25) is 11.8 Å². The van der Waals surface area contributed by atoms with Gasteiger partial charge in [-0.3, -0.25) is 14.6 Å². The monoisotopic (exact) mass is 287 g/mol. The molecule has 1 N–H and O–H groups in total. The van der Waals surface area contributed by atoms with E-state index in [1.807, 2.05) is 23.1 Å². The molecule has 0 aromatic carbocycles. The maximum absolute atomic E-state index is 12.4. The molecule has 1 aromatic heterocycles. The van der Waals surface area contributed by atoms with Crippen molar-refractivity contribution < 1.29 is 9.59 Å². The van der Waals surface area contributed by atoms with Gasteiger partial charge in [0.05, 0.1) is 11.8 Å². The third-order valence-corrected chi connectivity index (χ3v) is 4.73. The third kappa shape index (κ3) is 2.91. The number of nitrogens with zero attached hydrogens (tertiary/aromatic N) is 2. The van der Waals surface area contributed by atoms with Crippen LogP contribution in [0.25, 0.3) is 0 Å². The molecule has 0 bridgehead atoms. The van der Waals surface area contributed by atoms with Crippen LogP contribution in [0.1, 0.15) is 31.4 Å². The predicted molar refractivity (Wildman–Crippen MR) is 78.4 cm³/mol. The Labute approximate surface area is 124 Å². The van der Waals surface area contributed by atoms with Crippen LogP contribution in [0.4, 0.5) is 0 Å². The summed E-state index contributed by atoms with van der Waals surface area (Å²) in [4.78, 5) is 30.5. The summed E-state index contributed by atoms with van der Waals surface area (Å²) < 4.78 is 0. The highest BCUT2D eigenvalue weighted by molar-refractivity contribution is 5.85. The zero-order valence-electron chi connectivity index (χ0n) is 12.2. The quantitative estimate of drug-likeness (QED) is 0.887. The average Bonchev–Trinajstić information content (AvgIpc) is 2.72. The SMILES string of the molecule is O=C(Cc1ccccn1)N1CCC[C@@]2(CCNC2=O)CC1. The highest BCUT2D eigenvalue weighted by Crippen LogP contribution is 2.38. The molecule has 1 aromatic rings. The van der Waals surface area contributed by atoms with Crippen LogP contribution >= 0.6 is 0 Å². The van der Waals surface area contributed by atoms with Crippen molar-refractivity contribution in [2.24, 2.45) is 5.41 Å². The van der Waals surface area contributed by atoms with Crippen molar-refractivity contribution in [3.05, 3.63) is 30.1 Å². The molecule has 1 spiro atoms. The number of aromatic nitrogens is 1. The summed E-state index contributed by atoms with van der Waals surface area (Å²) >= 11 is 0. The molecule has 112 valence electrons. The number of carbonyl (C=O) groups is 2. The highest BCUT2D eigenvalue weighted by Gasteiger charge is 2.43. The summed E-state index contributed by atoms with van der Waals surface area (Å²) in [5, 5.41) is 2.94. The van der Waals surface area contributed by atoms with E-state index >= 15 is 0 Å². The van der Waals surface area contributed by atoms with E-state index in [2.05, 4.69) is 10.3 Å². The number of likely N-dealkylation sites (tertiary alicyclic amines) is 1. The van der Waals surface area contributed by atoms with E-state index in [0.29, 0.717) is 13.0 Å². The van der Waals surface area contributed by atoms with Gasteiger partial charge in [0.15, 0.2) is 0 Å². The van der Waals surface area contributed by atoms with Crippen molar-refractivity contribution in [2.75, 3.05) is 19.6 Å². The number of hydrogen-bond acceptors (Lipinski definition) is 3. The van der Waals surface area contributed by atoms with E-state index in [9.17, 15) is 9.59 Å². The van der Waals surface area contributed by atoms with E-state index in [0.717, 1.165) is 44.5 Å². The number of nitrogens with one attached hydrogen (secondary N) is 1. The molecule has 2 fully saturated rings. The van der Waals surface area contributed by atoms with Crippen LogP contribution in [-0.2, 0) is 16.0 Å². The molecule has 0 radical (unpaired) electrons. The lowest BCUT2D eigenvalue weighted by Crippen LogP contribution is -2.35. The average molecular weight is 287 g/mol. The molecule has 0 saturated carbocycles. The van der Waals surface area contributed by atoms with Gasteiger partial charge >= 0.3 is 0 Å². The molecule has 0 aliphatic carbocycles. The van der Waals surface area contributed by atoms with Crippen LogP contribution in [0.5, 0.6) is 0 Å². The standard InChI is InChI=1S/C16H21N3O2/c20-14(12-13-4-1-2-8-17-13)19-10-3-5-16(7-11-19)6-9-18-15(16)21/h1-2,4,8H,3,5-7,9-12H2,(H,18,21)/t16-/m1/s1. The molecule has 0 unspecified atom stereocenters. The summed E-state index contributed by atoms with van der Waals surface area (Å²) in [5.74, 6) is 0.297. The number of amides is 2. The summed E-state index contributed by atoms with van der Waals surface area (Å²) in [6.45, 7) is 2.21. The summed E-state index contributed by atoms with van der Waals surface area (Å²) in [7, 11) is 0. The first-order valence-corrected chi connectivity index (χ1v) is 7.66. The maximum atomic E-state index is 12.4. The lowest BCUT2D eigenvalue weighted by molar-refractivity contribution is -0.132. The number of pyridine rings is 1. The molecular formula is C16H21N3O2. The van der Waals surface area contributed by atoms with Crippen LogP contribution in [-0.4, -0.2) is 41.3 Å². The number of rotatable bonds is 2. The lowest BCUT2D eigenvalue weighted by Gasteiger charge is -2.24. The Hall–Kier alpha value is -1.91. The van der Waals surface area contributed by atoms with Crippen LogP contribution in [0.3, 0.4) is 0 Å². The van der Waals surface area contributed by atoms with Crippen molar-refractivity contribution in [2.45, 2.75) is 32.1 Å². The van der Waals surface area contributed by atoms with Crippen molar-refractivity contribution in [1.29, 1.82) is 0 Å². The normalized spacial score (nSPS) is 25.7. The first-order valence-electron chi connectivity index (χ1n) is 7.66. The zero-order valence-corrected chi connectivity index (χ0v) is 12.2. The molecule has 21 heavy (non-hydrogen) atoms. The molecule has 5 nitrogen and oxygen atoms in total. The Morgan fingerprint density at radius 1 is 1.29 bits per heavy atom. The minimum Gasteiger partial charge on any atom is -0.356 e. The Morgan fingerprint density at radius 3 is 2.90 bits per heavy atom. The van der Waals surface area contributed by atoms with Gasteiger partial charge < -0.3 is 10.2 Å². The largest absolute Gasteiger partial charge is 0.356 e. The third-order valence-electron chi connectivity index (χ3n) is 4.73. The van der Waals surface area contributed by atoms with E-state index in [1.165, 1.54) is 0 Å². The van der Waals surface area contributed by atoms with Gasteiger partial charge in [-0.05, 0) is 37.8 Å². The molecule has 2 aliphatic rings. The molecule has 3 heterocycles. The highest BCUT2D eigenvalue weighted by atomic mass is 16.2. The van der Waals surface area contributed by atoms with E-state index in [4.69, 9.17) is 0 Å². The maximum Gasteiger partial charge on any atom is 0.228 e. The van der Waals surface area contributed by atoms with E-state index < -0.39 is 0 Å². The fourth-order valence-corrected chi connectivity index (χ4v) is 3.41. The second-order valence-electron chi connectivity index (χ2n) is 6.02. The Bertz CT molecular complexity index is 532. The molecule has 3 rings (SSSR count). The van der Waals surface area contributed by atoms with Crippen LogP contribution in [0.2, 0.25) is 0 Å². The molecular weight excluding hydrogens is 266 g/mol. The van der Waals surface area contributed by atoms with Crippen molar-refractivity contribution >= 4 is 11.8 Å². The summed E-state index contributed by atoms with van der Waals surface area (Å²) in [6.07, 6.45) is 5.55. The zero-order chi connectivity index (χ0) is 14.7. The Kier molecular flexibility index (Phi) is 3.90. The van der Waals surface area contributed by atoms with Gasteiger partial charge in [0, 0.05) is 31.5 Å². The molecule has 1 atom stereocenters. The van der Waals surface area contributed by atoms with Gasteiger partial charge in [-0.1, -0.05) is 6.07 Å². The first kappa shape index (κ1) is 14.0. The second kappa shape index (κ2) is 5.84. The lowest BCUT2D eigenvalue weighted by atomic mass is 9.79. The predicted octanol–water partition coefficient (Wildman–Crippen LogP) is 1.14. The van der Waals surface area contributed by atoms with Gasteiger partial charge in [-0.25, -0.2) is 0 Å². The minimum absolute atomic E-state index is 0.115. The van der Waals surface area contributed by atoms with Gasteiger partial charge in [0.1, 0.15) is 0 Å². The smallest absolute Gasteiger partial charge is 0.228 e. The topological polar surface area (TPSA) is 62.3 Å². The van der Waals surface area contributed by atoms with Crippen molar-refractivity contribution in [3.63, 3.8) is 0 Å². The Morgan fingerprint density at radius 2 is 2.19 bits per heavy atom.